The van der Waals surface area contributed by atoms with Crippen LogP contribution in [0.25, 0.3) is 0 Å². The highest BCUT2D eigenvalue weighted by Gasteiger charge is 2.20. The van der Waals surface area contributed by atoms with Gasteiger partial charge in [0.25, 0.3) is 0 Å². The number of rotatable bonds is 59. The molecule has 0 rings (SSSR count). The van der Waals surface area contributed by atoms with E-state index in [0.29, 0.717) is 25.9 Å². The van der Waals surface area contributed by atoms with Crippen LogP contribution in [0.15, 0.2) is 36.5 Å². The van der Waals surface area contributed by atoms with E-state index in [4.69, 9.17) is 4.74 Å². The highest BCUT2D eigenvalue weighted by molar-refractivity contribution is 5.76. The summed E-state index contributed by atoms with van der Waals surface area (Å²) >= 11 is 0. The maximum atomic E-state index is 12.5. The molecule has 1 amide bonds. The Morgan fingerprint density at radius 1 is 0.394 bits per heavy atom. The van der Waals surface area contributed by atoms with Crippen LogP contribution < -0.4 is 5.32 Å². The quantitative estimate of drug-likeness (QED) is 0.0321. The van der Waals surface area contributed by atoms with Gasteiger partial charge in [-0.3, -0.25) is 9.59 Å². The fourth-order valence-electron chi connectivity index (χ4n) is 9.78. The summed E-state index contributed by atoms with van der Waals surface area (Å²) in [5.74, 6) is -0.0350. The Labute approximate surface area is 443 Å². The molecular formula is C65H123NO5. The number of allylic oxidation sites excluding steroid dienone is 6. The van der Waals surface area contributed by atoms with E-state index < -0.39 is 12.1 Å². The third kappa shape index (κ3) is 57.2. The van der Waals surface area contributed by atoms with Crippen LogP contribution in [0.2, 0.25) is 0 Å². The van der Waals surface area contributed by atoms with E-state index in [9.17, 15) is 19.8 Å². The molecule has 0 saturated carbocycles. The van der Waals surface area contributed by atoms with E-state index in [-0.39, 0.29) is 18.5 Å². The fraction of sp³-hybridized carbons (Fsp3) is 0.877. The zero-order chi connectivity index (χ0) is 51.4. The highest BCUT2D eigenvalue weighted by Crippen LogP contribution is 2.17. The molecule has 0 aromatic heterocycles. The van der Waals surface area contributed by atoms with Crippen molar-refractivity contribution in [2.45, 2.75) is 353 Å². The van der Waals surface area contributed by atoms with Crippen molar-refractivity contribution in [1.29, 1.82) is 0 Å². The number of nitrogens with one attached hydrogen (secondary N) is 1. The SMILES string of the molecule is CCCCC/C=C\C/C=C\CCCCCCCCCCCC(=O)OCCCCCCCCCCCCC/C=C\CCCCCCCCCC(=O)NC(CO)C(O)CCCCCCCCCCCCCCC. The first-order valence-electron chi connectivity index (χ1n) is 31.7. The Morgan fingerprint density at radius 3 is 1.11 bits per heavy atom. The van der Waals surface area contributed by atoms with Gasteiger partial charge in [-0.1, -0.05) is 281 Å². The van der Waals surface area contributed by atoms with Crippen LogP contribution in [-0.2, 0) is 14.3 Å². The second-order valence-corrected chi connectivity index (χ2v) is 21.7. The molecule has 0 aromatic carbocycles. The van der Waals surface area contributed by atoms with Gasteiger partial charge in [0.2, 0.25) is 5.91 Å². The van der Waals surface area contributed by atoms with E-state index in [2.05, 4.69) is 55.6 Å². The number of ether oxygens (including phenoxy) is 1. The van der Waals surface area contributed by atoms with E-state index in [1.54, 1.807) is 0 Å². The molecule has 0 aliphatic carbocycles. The van der Waals surface area contributed by atoms with Crippen molar-refractivity contribution < 1.29 is 24.5 Å². The lowest BCUT2D eigenvalue weighted by Crippen LogP contribution is -2.45. The van der Waals surface area contributed by atoms with Crippen molar-refractivity contribution in [3.8, 4) is 0 Å². The van der Waals surface area contributed by atoms with Gasteiger partial charge in [-0.25, -0.2) is 0 Å². The number of unbranched alkanes of at least 4 members (excludes halogenated alkanes) is 42. The molecule has 71 heavy (non-hydrogen) atoms. The van der Waals surface area contributed by atoms with Crippen LogP contribution in [0, 0.1) is 0 Å². The molecule has 0 aromatic rings. The normalized spacial score (nSPS) is 12.8. The van der Waals surface area contributed by atoms with Crippen molar-refractivity contribution in [3.63, 3.8) is 0 Å². The van der Waals surface area contributed by atoms with Gasteiger partial charge in [0.1, 0.15) is 0 Å². The monoisotopic (exact) mass is 998 g/mol. The van der Waals surface area contributed by atoms with Crippen molar-refractivity contribution >= 4 is 11.9 Å². The van der Waals surface area contributed by atoms with Crippen molar-refractivity contribution in [2.24, 2.45) is 0 Å². The number of amides is 1. The number of carbonyl (C=O) groups excluding carboxylic acids is 2. The number of carbonyl (C=O) groups is 2. The number of esters is 1. The van der Waals surface area contributed by atoms with Crippen molar-refractivity contribution in [3.05, 3.63) is 36.5 Å². The topological polar surface area (TPSA) is 95.9 Å². The Balaban J connectivity index is 3.39. The minimum Gasteiger partial charge on any atom is -0.466 e. The lowest BCUT2D eigenvalue weighted by molar-refractivity contribution is -0.143. The van der Waals surface area contributed by atoms with Crippen LogP contribution in [0.1, 0.15) is 341 Å². The van der Waals surface area contributed by atoms with Crippen LogP contribution in [0.5, 0.6) is 0 Å². The molecule has 0 aliphatic rings. The predicted molar refractivity (Wildman–Crippen MR) is 310 cm³/mol. The minimum absolute atomic E-state index is 0.00633. The minimum atomic E-state index is -0.668. The van der Waals surface area contributed by atoms with Crippen molar-refractivity contribution in [1.82, 2.24) is 5.32 Å². The van der Waals surface area contributed by atoms with E-state index >= 15 is 0 Å². The predicted octanol–water partition coefficient (Wildman–Crippen LogP) is 20.0. The molecule has 2 atom stereocenters. The molecule has 3 N–H and O–H groups in total. The van der Waals surface area contributed by atoms with Gasteiger partial charge in [-0.2, -0.15) is 0 Å². The Morgan fingerprint density at radius 2 is 0.704 bits per heavy atom. The van der Waals surface area contributed by atoms with Gasteiger partial charge < -0.3 is 20.3 Å². The van der Waals surface area contributed by atoms with Gasteiger partial charge in [-0.05, 0) is 83.5 Å². The number of aliphatic hydroxyl groups is 2. The van der Waals surface area contributed by atoms with Crippen molar-refractivity contribution in [2.75, 3.05) is 13.2 Å². The number of hydrogen-bond donors (Lipinski definition) is 3. The summed E-state index contributed by atoms with van der Waals surface area (Å²) in [5, 5.41) is 23.2. The Hall–Kier alpha value is -1.92. The molecule has 0 bridgehead atoms. The number of aliphatic hydroxyl groups excluding tert-OH is 2. The molecule has 0 spiro atoms. The van der Waals surface area contributed by atoms with Gasteiger partial charge in [-0.15, -0.1) is 0 Å². The summed E-state index contributed by atoms with van der Waals surface area (Å²) in [6.45, 7) is 4.93. The van der Waals surface area contributed by atoms with Crippen LogP contribution in [0.4, 0.5) is 0 Å². The van der Waals surface area contributed by atoms with E-state index in [0.717, 1.165) is 51.4 Å². The molecule has 0 saturated heterocycles. The molecule has 6 heteroatoms. The smallest absolute Gasteiger partial charge is 0.305 e. The summed E-state index contributed by atoms with van der Waals surface area (Å²) in [7, 11) is 0. The summed E-state index contributed by atoms with van der Waals surface area (Å²) in [6, 6.07) is -0.546. The summed E-state index contributed by atoms with van der Waals surface area (Å²) in [5.41, 5.74) is 0. The summed E-state index contributed by atoms with van der Waals surface area (Å²) in [6.07, 6.45) is 75.8. The molecule has 0 radical (unpaired) electrons. The third-order valence-electron chi connectivity index (χ3n) is 14.7. The number of hydrogen-bond acceptors (Lipinski definition) is 5. The molecule has 0 aliphatic heterocycles. The van der Waals surface area contributed by atoms with Crippen LogP contribution in [-0.4, -0.2) is 47.4 Å². The van der Waals surface area contributed by atoms with Gasteiger partial charge in [0.15, 0.2) is 0 Å². The molecule has 6 nitrogen and oxygen atoms in total. The first kappa shape index (κ1) is 69.1. The highest BCUT2D eigenvalue weighted by atomic mass is 16.5. The molecule has 0 heterocycles. The Kier molecular flexibility index (Phi) is 59.0. The van der Waals surface area contributed by atoms with E-state index in [1.165, 1.54) is 257 Å². The molecular weight excluding hydrogens is 875 g/mol. The average Bonchev–Trinajstić information content (AvgIpc) is 3.37. The average molecular weight is 999 g/mol. The van der Waals surface area contributed by atoms with E-state index in [1.807, 2.05) is 0 Å². The first-order chi connectivity index (χ1) is 35.0. The summed E-state index contributed by atoms with van der Waals surface area (Å²) < 4.78 is 5.50. The van der Waals surface area contributed by atoms with Gasteiger partial charge in [0.05, 0.1) is 25.4 Å². The maximum Gasteiger partial charge on any atom is 0.305 e. The molecule has 418 valence electrons. The largest absolute Gasteiger partial charge is 0.466 e. The second kappa shape index (κ2) is 60.6. The lowest BCUT2D eigenvalue weighted by atomic mass is 10.0. The van der Waals surface area contributed by atoms with Crippen LogP contribution in [0.3, 0.4) is 0 Å². The standard InChI is InChI=1S/C65H123NO5/c1-3-5-7-9-11-13-15-17-18-19-24-28-31-35-39-43-47-51-55-59-65(70)71-60-56-52-48-44-40-36-32-29-26-23-21-20-22-25-27-30-34-38-42-46-50-54-58-64(69)66-62(61-67)63(68)57-53-49-45-41-37-33-16-14-12-10-8-6-4-2/h11,13,17-18,22,25,62-63,67-68H,3-10,12,14-16,19-21,23-24,26-61H2,1-2H3,(H,66,69)/b13-11-,18-17-,25-22-. The first-order valence-corrected chi connectivity index (χ1v) is 31.7. The third-order valence-corrected chi connectivity index (χ3v) is 14.7. The lowest BCUT2D eigenvalue weighted by Gasteiger charge is -2.22. The van der Waals surface area contributed by atoms with Gasteiger partial charge >= 0.3 is 5.97 Å². The zero-order valence-corrected chi connectivity index (χ0v) is 47.7. The van der Waals surface area contributed by atoms with Crippen LogP contribution >= 0.6 is 0 Å². The second-order valence-electron chi connectivity index (χ2n) is 21.7. The molecule has 0 fully saturated rings. The Bertz CT molecular complexity index is 1150. The fourth-order valence-corrected chi connectivity index (χ4v) is 9.78. The van der Waals surface area contributed by atoms with Gasteiger partial charge in [0, 0.05) is 12.8 Å². The summed E-state index contributed by atoms with van der Waals surface area (Å²) in [4.78, 5) is 24.6. The zero-order valence-electron chi connectivity index (χ0n) is 47.7. The molecule has 2 unspecified atom stereocenters. The maximum absolute atomic E-state index is 12.5.